The summed E-state index contributed by atoms with van der Waals surface area (Å²) in [6.07, 6.45) is 3.72. The quantitative estimate of drug-likeness (QED) is 0.639. The number of nitrogens with one attached hydrogen (secondary N) is 2. The Bertz CT molecular complexity index is 691. The van der Waals surface area contributed by atoms with Crippen LogP contribution >= 0.6 is 0 Å². The minimum absolute atomic E-state index is 0.0954. The molecule has 0 radical (unpaired) electrons. The van der Waals surface area contributed by atoms with E-state index in [1.165, 1.54) is 0 Å². The van der Waals surface area contributed by atoms with E-state index in [-0.39, 0.29) is 24.4 Å². The van der Waals surface area contributed by atoms with Gasteiger partial charge in [-0.05, 0) is 24.1 Å². The molecule has 0 saturated carbocycles. The van der Waals surface area contributed by atoms with Gasteiger partial charge < -0.3 is 16.4 Å². The van der Waals surface area contributed by atoms with Crippen LogP contribution in [0.25, 0.3) is 0 Å². The Morgan fingerprint density at radius 3 is 2.50 bits per heavy atom. The molecule has 2 rings (SSSR count). The van der Waals surface area contributed by atoms with Crippen LogP contribution in [0, 0.1) is 0 Å². The molecule has 2 aromatic rings. The highest BCUT2D eigenvalue weighted by Gasteiger charge is 2.17. The van der Waals surface area contributed by atoms with Crippen LogP contribution in [0.4, 0.5) is 0 Å². The van der Waals surface area contributed by atoms with E-state index >= 15 is 0 Å². The summed E-state index contributed by atoms with van der Waals surface area (Å²) in [5.41, 5.74) is 7.63. The van der Waals surface area contributed by atoms with Gasteiger partial charge in [0, 0.05) is 18.3 Å². The Kier molecular flexibility index (Phi) is 7.76. The van der Waals surface area contributed by atoms with Gasteiger partial charge in [0.25, 0.3) is 0 Å². The van der Waals surface area contributed by atoms with E-state index in [4.69, 9.17) is 5.73 Å². The number of nitrogens with zero attached hydrogens (tertiary/aromatic N) is 1. The van der Waals surface area contributed by atoms with Gasteiger partial charge in [0.05, 0.1) is 18.6 Å². The molecule has 1 aromatic carbocycles. The third-order valence-electron chi connectivity index (χ3n) is 4.04. The van der Waals surface area contributed by atoms with Gasteiger partial charge in [0.15, 0.2) is 0 Å². The van der Waals surface area contributed by atoms with Gasteiger partial charge in [-0.3, -0.25) is 14.6 Å². The smallest absolute Gasteiger partial charge is 0.239 e. The van der Waals surface area contributed by atoms with Crippen molar-refractivity contribution in [3.8, 4) is 0 Å². The van der Waals surface area contributed by atoms with Gasteiger partial charge in [-0.1, -0.05) is 49.7 Å². The molecule has 1 heterocycles. The lowest BCUT2D eigenvalue weighted by molar-refractivity contribution is -0.127. The Morgan fingerprint density at radius 1 is 1.12 bits per heavy atom. The molecule has 0 aliphatic heterocycles. The van der Waals surface area contributed by atoms with Crippen molar-refractivity contribution < 1.29 is 9.59 Å². The molecule has 0 fully saturated rings. The maximum absolute atomic E-state index is 12.3. The number of hydrogen-bond acceptors (Lipinski definition) is 4. The van der Waals surface area contributed by atoms with E-state index < -0.39 is 6.04 Å². The third kappa shape index (κ3) is 6.29. The number of hydrogen-bond donors (Lipinski definition) is 3. The first-order valence-corrected chi connectivity index (χ1v) is 8.87. The largest absolute Gasteiger partial charge is 0.347 e. The summed E-state index contributed by atoms with van der Waals surface area (Å²) < 4.78 is 0. The first-order valence-electron chi connectivity index (χ1n) is 8.87. The number of amides is 2. The molecule has 0 spiro atoms. The van der Waals surface area contributed by atoms with E-state index in [0.717, 1.165) is 17.7 Å². The predicted molar refractivity (Wildman–Crippen MR) is 101 cm³/mol. The molecule has 0 bridgehead atoms. The summed E-state index contributed by atoms with van der Waals surface area (Å²) in [7, 11) is 0. The molecule has 1 unspecified atom stereocenters. The highest BCUT2D eigenvalue weighted by Crippen LogP contribution is 2.17. The standard InChI is InChI=1S/C20H26N4O2/c1-2-8-17(21)20(26)23-14-19(25)24-18(15-9-4-3-5-10-15)13-16-11-6-7-12-22-16/h3-7,9-12,17-18H,2,8,13-14,21H2,1H3,(H,23,26)(H,24,25)/t17-,18?/m0/s1. The zero-order valence-electron chi connectivity index (χ0n) is 15.0. The van der Waals surface area contributed by atoms with Crippen LogP contribution < -0.4 is 16.4 Å². The van der Waals surface area contributed by atoms with Crippen molar-refractivity contribution in [2.75, 3.05) is 6.54 Å². The van der Waals surface area contributed by atoms with Crippen LogP contribution in [0.2, 0.25) is 0 Å². The number of carbonyl (C=O) groups excluding carboxylic acids is 2. The summed E-state index contributed by atoms with van der Waals surface area (Å²) in [6.45, 7) is 1.86. The molecule has 4 N–H and O–H groups in total. The lowest BCUT2D eigenvalue weighted by Crippen LogP contribution is -2.45. The topological polar surface area (TPSA) is 97.1 Å². The summed E-state index contributed by atoms with van der Waals surface area (Å²) in [4.78, 5) is 28.5. The van der Waals surface area contributed by atoms with Crippen molar-refractivity contribution in [3.63, 3.8) is 0 Å². The summed E-state index contributed by atoms with van der Waals surface area (Å²) in [5, 5.41) is 5.57. The van der Waals surface area contributed by atoms with Crippen molar-refractivity contribution in [2.45, 2.75) is 38.3 Å². The van der Waals surface area contributed by atoms with Crippen molar-refractivity contribution >= 4 is 11.8 Å². The van der Waals surface area contributed by atoms with Crippen molar-refractivity contribution in [1.29, 1.82) is 0 Å². The van der Waals surface area contributed by atoms with Crippen LogP contribution in [-0.4, -0.2) is 29.4 Å². The first kappa shape index (κ1) is 19.6. The fourth-order valence-electron chi connectivity index (χ4n) is 2.65. The minimum atomic E-state index is -0.578. The van der Waals surface area contributed by atoms with E-state index in [2.05, 4.69) is 15.6 Å². The highest BCUT2D eigenvalue weighted by molar-refractivity contribution is 5.87. The molecular formula is C20H26N4O2. The average molecular weight is 354 g/mol. The van der Waals surface area contributed by atoms with E-state index in [9.17, 15) is 9.59 Å². The predicted octanol–water partition coefficient (Wildman–Crippen LogP) is 1.73. The van der Waals surface area contributed by atoms with E-state index in [1.807, 2.05) is 55.5 Å². The van der Waals surface area contributed by atoms with Crippen LogP contribution in [0.5, 0.6) is 0 Å². The second-order valence-corrected chi connectivity index (χ2v) is 6.17. The maximum atomic E-state index is 12.3. The number of pyridine rings is 1. The SMILES string of the molecule is CCC[C@H](N)C(=O)NCC(=O)NC(Cc1ccccn1)c1ccccc1. The zero-order valence-corrected chi connectivity index (χ0v) is 15.0. The maximum Gasteiger partial charge on any atom is 0.239 e. The summed E-state index contributed by atoms with van der Waals surface area (Å²) in [5.74, 6) is -0.560. The third-order valence-corrected chi connectivity index (χ3v) is 4.04. The Hall–Kier alpha value is -2.73. The van der Waals surface area contributed by atoms with Crippen molar-refractivity contribution in [3.05, 3.63) is 66.0 Å². The fourth-order valence-corrected chi connectivity index (χ4v) is 2.65. The lowest BCUT2D eigenvalue weighted by Gasteiger charge is -2.19. The first-order chi connectivity index (χ1) is 12.6. The van der Waals surface area contributed by atoms with Crippen LogP contribution in [0.1, 0.15) is 37.1 Å². The Morgan fingerprint density at radius 2 is 1.85 bits per heavy atom. The molecule has 2 atom stereocenters. The van der Waals surface area contributed by atoms with Crippen LogP contribution in [-0.2, 0) is 16.0 Å². The monoisotopic (exact) mass is 354 g/mol. The molecule has 0 aliphatic carbocycles. The molecule has 2 amide bonds. The van der Waals surface area contributed by atoms with Crippen molar-refractivity contribution in [2.24, 2.45) is 5.73 Å². The second-order valence-electron chi connectivity index (χ2n) is 6.17. The number of carbonyl (C=O) groups is 2. The van der Waals surface area contributed by atoms with Crippen molar-refractivity contribution in [1.82, 2.24) is 15.6 Å². The average Bonchev–Trinajstić information content (AvgIpc) is 2.67. The highest BCUT2D eigenvalue weighted by atomic mass is 16.2. The van der Waals surface area contributed by atoms with Crippen LogP contribution in [0.15, 0.2) is 54.7 Å². The number of nitrogens with two attached hydrogens (primary N) is 1. The summed E-state index contributed by atoms with van der Waals surface area (Å²) >= 11 is 0. The van der Waals surface area contributed by atoms with Crippen LogP contribution in [0.3, 0.4) is 0 Å². The van der Waals surface area contributed by atoms with Gasteiger partial charge in [-0.25, -0.2) is 0 Å². The molecule has 138 valence electrons. The van der Waals surface area contributed by atoms with E-state index in [0.29, 0.717) is 12.8 Å². The molecule has 1 aromatic heterocycles. The number of aromatic nitrogens is 1. The van der Waals surface area contributed by atoms with Gasteiger partial charge >= 0.3 is 0 Å². The van der Waals surface area contributed by atoms with Gasteiger partial charge in [-0.2, -0.15) is 0 Å². The lowest BCUT2D eigenvalue weighted by atomic mass is 10.0. The number of rotatable bonds is 9. The normalized spacial score (nSPS) is 12.8. The molecule has 6 heteroatoms. The summed E-state index contributed by atoms with van der Waals surface area (Å²) in [6, 6.07) is 14.6. The minimum Gasteiger partial charge on any atom is -0.347 e. The fraction of sp³-hybridized carbons (Fsp3) is 0.350. The molecule has 0 saturated heterocycles. The molecular weight excluding hydrogens is 328 g/mol. The Labute approximate surface area is 154 Å². The second kappa shape index (κ2) is 10.3. The molecule has 0 aliphatic rings. The van der Waals surface area contributed by atoms with Gasteiger partial charge in [-0.15, -0.1) is 0 Å². The molecule has 6 nitrogen and oxygen atoms in total. The molecule has 26 heavy (non-hydrogen) atoms. The van der Waals surface area contributed by atoms with Gasteiger partial charge in [0.2, 0.25) is 11.8 Å². The number of benzene rings is 1. The van der Waals surface area contributed by atoms with Gasteiger partial charge in [0.1, 0.15) is 0 Å². The van der Waals surface area contributed by atoms with E-state index in [1.54, 1.807) is 6.20 Å². The Balaban J connectivity index is 1.98. The zero-order chi connectivity index (χ0) is 18.8.